The van der Waals surface area contributed by atoms with Crippen LogP contribution < -0.4 is 5.56 Å². The molecule has 2 aromatic heterocycles. The number of imidazole rings is 1. The van der Waals surface area contributed by atoms with E-state index in [0.717, 1.165) is 36.2 Å². The van der Waals surface area contributed by atoms with Gasteiger partial charge in [-0.15, -0.1) is 0 Å². The molecular weight excluding hydrogens is 202 g/mol. The Morgan fingerprint density at radius 3 is 2.56 bits per heavy atom. The van der Waals surface area contributed by atoms with Gasteiger partial charge in [0, 0.05) is 17.5 Å². The predicted octanol–water partition coefficient (Wildman–Crippen LogP) is 1.71. The lowest BCUT2D eigenvalue weighted by Crippen LogP contribution is -2.20. The van der Waals surface area contributed by atoms with Gasteiger partial charge < -0.3 is 4.98 Å². The summed E-state index contributed by atoms with van der Waals surface area (Å²) < 4.78 is 1.62. The van der Waals surface area contributed by atoms with Crippen molar-refractivity contribution in [1.82, 2.24) is 14.4 Å². The Balaban J connectivity index is 2.79. The second kappa shape index (κ2) is 4.12. The molecule has 16 heavy (non-hydrogen) atoms. The number of aromatic nitrogens is 3. The van der Waals surface area contributed by atoms with Gasteiger partial charge in [0.2, 0.25) is 5.78 Å². The smallest absolute Gasteiger partial charge is 0.262 e. The number of aromatic amines is 1. The van der Waals surface area contributed by atoms with Crippen molar-refractivity contribution in [3.05, 3.63) is 33.5 Å². The molecule has 1 N–H and O–H groups in total. The molecule has 0 bridgehead atoms. The monoisotopic (exact) mass is 219 g/mol. The summed E-state index contributed by atoms with van der Waals surface area (Å²) in [5.41, 5.74) is 2.86. The number of H-pyrrole nitrogens is 1. The van der Waals surface area contributed by atoms with E-state index in [-0.39, 0.29) is 5.56 Å². The highest BCUT2D eigenvalue weighted by Crippen LogP contribution is 2.07. The molecule has 0 radical (unpaired) electrons. The van der Waals surface area contributed by atoms with Crippen molar-refractivity contribution in [3.63, 3.8) is 0 Å². The summed E-state index contributed by atoms with van der Waals surface area (Å²) in [5.74, 6) is 0.663. The van der Waals surface area contributed by atoms with Gasteiger partial charge in [-0.2, -0.15) is 0 Å². The van der Waals surface area contributed by atoms with Crippen LogP contribution in [-0.4, -0.2) is 14.4 Å². The minimum absolute atomic E-state index is 0.0697. The first-order valence-corrected chi connectivity index (χ1v) is 5.83. The van der Waals surface area contributed by atoms with Crippen LogP contribution in [0, 0.1) is 0 Å². The molecule has 0 aliphatic heterocycles. The van der Waals surface area contributed by atoms with Crippen LogP contribution in [0.5, 0.6) is 0 Å². The van der Waals surface area contributed by atoms with Crippen LogP contribution in [0.3, 0.4) is 0 Å². The van der Waals surface area contributed by atoms with E-state index in [4.69, 9.17) is 0 Å². The van der Waals surface area contributed by atoms with Crippen molar-refractivity contribution in [2.75, 3.05) is 0 Å². The zero-order chi connectivity index (χ0) is 11.7. The summed E-state index contributed by atoms with van der Waals surface area (Å²) in [5, 5.41) is 0. The van der Waals surface area contributed by atoms with Gasteiger partial charge in [0.15, 0.2) is 0 Å². The van der Waals surface area contributed by atoms with Gasteiger partial charge in [-0.3, -0.25) is 9.20 Å². The summed E-state index contributed by atoms with van der Waals surface area (Å²) in [6.07, 6.45) is 4.27. The largest absolute Gasteiger partial charge is 0.327 e. The molecule has 0 fully saturated rings. The third-order valence-electron chi connectivity index (χ3n) is 2.92. The maximum Gasteiger partial charge on any atom is 0.262 e. The van der Waals surface area contributed by atoms with Gasteiger partial charge in [0.1, 0.15) is 0 Å². The summed E-state index contributed by atoms with van der Waals surface area (Å²) in [6, 6.07) is 0. The van der Waals surface area contributed by atoms with E-state index in [1.54, 1.807) is 4.40 Å². The molecule has 4 nitrogen and oxygen atoms in total. The van der Waals surface area contributed by atoms with Gasteiger partial charge in [0.25, 0.3) is 5.56 Å². The Kier molecular flexibility index (Phi) is 2.81. The van der Waals surface area contributed by atoms with Crippen molar-refractivity contribution in [2.24, 2.45) is 0 Å². The number of hydrogen-bond acceptors (Lipinski definition) is 2. The van der Waals surface area contributed by atoms with E-state index in [1.165, 1.54) is 0 Å². The average molecular weight is 219 g/mol. The third-order valence-corrected chi connectivity index (χ3v) is 2.92. The summed E-state index contributed by atoms with van der Waals surface area (Å²) >= 11 is 0. The Morgan fingerprint density at radius 2 is 2.00 bits per heavy atom. The van der Waals surface area contributed by atoms with E-state index in [9.17, 15) is 4.79 Å². The maximum absolute atomic E-state index is 12.2. The average Bonchev–Trinajstić information content (AvgIpc) is 2.72. The lowest BCUT2D eigenvalue weighted by atomic mass is 10.1. The summed E-state index contributed by atoms with van der Waals surface area (Å²) in [4.78, 5) is 19.8. The lowest BCUT2D eigenvalue weighted by Gasteiger charge is -2.03. The molecule has 0 saturated carbocycles. The highest BCUT2D eigenvalue weighted by molar-refractivity contribution is 5.35. The molecule has 86 valence electrons. The fourth-order valence-electron chi connectivity index (χ4n) is 1.98. The third kappa shape index (κ3) is 1.54. The quantitative estimate of drug-likeness (QED) is 0.854. The molecular formula is C12H17N3O. The minimum Gasteiger partial charge on any atom is -0.327 e. The Bertz CT molecular complexity index is 565. The Morgan fingerprint density at radius 1 is 1.25 bits per heavy atom. The van der Waals surface area contributed by atoms with Gasteiger partial charge in [0.05, 0.1) is 5.69 Å². The van der Waals surface area contributed by atoms with Crippen LogP contribution in [0.1, 0.15) is 37.7 Å². The molecule has 0 amide bonds. The zero-order valence-corrected chi connectivity index (χ0v) is 10.0. The number of fused-ring (bicyclic) bond motifs is 1. The molecule has 0 spiro atoms. The van der Waals surface area contributed by atoms with Crippen molar-refractivity contribution in [1.29, 1.82) is 0 Å². The van der Waals surface area contributed by atoms with Crippen LogP contribution in [-0.2, 0) is 19.3 Å². The molecule has 4 heteroatoms. The van der Waals surface area contributed by atoms with Gasteiger partial charge in [-0.05, 0) is 19.3 Å². The molecule has 0 aromatic carbocycles. The number of hydrogen-bond donors (Lipinski definition) is 1. The number of nitrogens with one attached hydrogen (secondary N) is 1. The van der Waals surface area contributed by atoms with Gasteiger partial charge in [-0.25, -0.2) is 4.98 Å². The fraction of sp³-hybridized carbons (Fsp3) is 0.500. The highest BCUT2D eigenvalue weighted by Gasteiger charge is 2.11. The molecule has 0 atom stereocenters. The maximum atomic E-state index is 12.2. The normalized spacial score (nSPS) is 11.2. The zero-order valence-electron chi connectivity index (χ0n) is 10.0. The van der Waals surface area contributed by atoms with Crippen molar-refractivity contribution < 1.29 is 0 Å². The van der Waals surface area contributed by atoms with E-state index in [2.05, 4.69) is 16.9 Å². The fourth-order valence-corrected chi connectivity index (χ4v) is 1.98. The minimum atomic E-state index is 0.0697. The molecule has 2 heterocycles. The van der Waals surface area contributed by atoms with Crippen LogP contribution >= 0.6 is 0 Å². The Hall–Kier alpha value is -1.58. The van der Waals surface area contributed by atoms with E-state index in [1.807, 2.05) is 20.0 Å². The number of rotatable bonds is 3. The lowest BCUT2D eigenvalue weighted by molar-refractivity contribution is 0.896. The standard InChI is InChI=1S/C12H17N3O/c1-4-8-7-15-11(16)9(5-2)10(6-3)14-12(15)13-8/h7H,4-6H2,1-3H3,(H,13,14). The molecule has 0 aliphatic rings. The van der Waals surface area contributed by atoms with Crippen molar-refractivity contribution in [3.8, 4) is 0 Å². The topological polar surface area (TPSA) is 50.2 Å². The first-order valence-electron chi connectivity index (χ1n) is 5.83. The SMILES string of the molecule is CCc1cn2c(=O)c(CC)c(CC)nc2[nH]1. The van der Waals surface area contributed by atoms with Crippen LogP contribution in [0.4, 0.5) is 0 Å². The second-order valence-corrected chi connectivity index (χ2v) is 3.88. The van der Waals surface area contributed by atoms with Gasteiger partial charge >= 0.3 is 0 Å². The van der Waals surface area contributed by atoms with Crippen LogP contribution in [0.15, 0.2) is 11.0 Å². The molecule has 0 saturated heterocycles. The van der Waals surface area contributed by atoms with Crippen LogP contribution in [0.2, 0.25) is 0 Å². The van der Waals surface area contributed by atoms with Crippen molar-refractivity contribution in [2.45, 2.75) is 40.0 Å². The first kappa shape index (κ1) is 10.9. The van der Waals surface area contributed by atoms with Gasteiger partial charge in [-0.1, -0.05) is 20.8 Å². The predicted molar refractivity (Wildman–Crippen MR) is 63.9 cm³/mol. The summed E-state index contributed by atoms with van der Waals surface area (Å²) in [6.45, 7) is 6.08. The highest BCUT2D eigenvalue weighted by atomic mass is 16.1. The second-order valence-electron chi connectivity index (χ2n) is 3.88. The van der Waals surface area contributed by atoms with Crippen LogP contribution in [0.25, 0.3) is 5.78 Å². The number of nitrogens with zero attached hydrogens (tertiary/aromatic N) is 2. The van der Waals surface area contributed by atoms with E-state index >= 15 is 0 Å². The first-order chi connectivity index (χ1) is 7.71. The molecule has 0 unspecified atom stereocenters. The van der Waals surface area contributed by atoms with E-state index < -0.39 is 0 Å². The molecule has 0 aliphatic carbocycles. The van der Waals surface area contributed by atoms with Crippen molar-refractivity contribution >= 4 is 5.78 Å². The molecule has 2 aromatic rings. The van der Waals surface area contributed by atoms with E-state index in [0.29, 0.717) is 5.78 Å². The summed E-state index contributed by atoms with van der Waals surface area (Å²) in [7, 11) is 0. The molecule has 2 rings (SSSR count). The Labute approximate surface area is 94.3 Å². The number of aryl methyl sites for hydroxylation is 2.